The van der Waals surface area contributed by atoms with Gasteiger partial charge in [0.25, 0.3) is 0 Å². The Morgan fingerprint density at radius 2 is 2.27 bits per heavy atom. The molecule has 0 fully saturated rings. The molecule has 0 aliphatic heterocycles. The van der Waals surface area contributed by atoms with Gasteiger partial charge in [-0.3, -0.25) is 4.79 Å². The molecule has 0 saturated heterocycles. The van der Waals surface area contributed by atoms with E-state index in [4.69, 9.17) is 0 Å². The lowest BCUT2D eigenvalue weighted by Crippen LogP contribution is -2.14. The Bertz CT molecular complexity index is 194. The van der Waals surface area contributed by atoms with Crippen LogP contribution in [0.3, 0.4) is 0 Å². The summed E-state index contributed by atoms with van der Waals surface area (Å²) < 4.78 is 0.938. The van der Waals surface area contributed by atoms with Gasteiger partial charge in [0.15, 0.2) is 5.78 Å². The minimum atomic E-state index is 0.322. The van der Waals surface area contributed by atoms with E-state index in [-0.39, 0.29) is 0 Å². The third-order valence-corrected chi connectivity index (χ3v) is 3.15. The normalized spacial score (nSPS) is 25.6. The molecular weight excluding hydrogens is 251 g/mol. The van der Waals surface area contributed by atoms with Gasteiger partial charge in [-0.05, 0) is 40.8 Å². The van der Waals surface area contributed by atoms with Crippen LogP contribution in [0, 0.1) is 11.8 Å². The lowest BCUT2D eigenvalue weighted by atomic mass is 9.86. The number of Topliss-reactive ketones (excluding diaryl/α,β-unsaturated/α-hetero) is 1. The molecular formula is C9H13IO. The molecule has 0 unspecified atom stereocenters. The first-order valence-corrected chi connectivity index (χ1v) is 5.09. The van der Waals surface area contributed by atoms with Crippen molar-refractivity contribution in [3.63, 3.8) is 0 Å². The summed E-state index contributed by atoms with van der Waals surface area (Å²) in [5, 5.41) is 0. The molecule has 0 saturated carbocycles. The molecule has 1 aliphatic carbocycles. The summed E-state index contributed by atoms with van der Waals surface area (Å²) in [6.45, 7) is 4.42. The first kappa shape index (κ1) is 9.23. The molecule has 0 aromatic heterocycles. The second kappa shape index (κ2) is 3.70. The molecule has 0 N–H and O–H groups in total. The molecule has 0 radical (unpaired) electrons. The fraction of sp³-hybridized carbons (Fsp3) is 0.667. The highest BCUT2D eigenvalue weighted by Gasteiger charge is 2.20. The lowest BCUT2D eigenvalue weighted by molar-refractivity contribution is -0.115. The SMILES string of the molecule is CC(C)[C@H]1C=C(I)C(=O)CC1. The highest BCUT2D eigenvalue weighted by molar-refractivity contribution is 14.1. The van der Waals surface area contributed by atoms with Crippen LogP contribution in [0.2, 0.25) is 0 Å². The highest BCUT2D eigenvalue weighted by Crippen LogP contribution is 2.28. The van der Waals surface area contributed by atoms with E-state index in [1.807, 2.05) is 0 Å². The van der Waals surface area contributed by atoms with Crippen molar-refractivity contribution in [2.24, 2.45) is 11.8 Å². The Kier molecular flexibility index (Phi) is 3.10. The van der Waals surface area contributed by atoms with Crippen molar-refractivity contribution in [3.05, 3.63) is 9.66 Å². The standard InChI is InChI=1S/C9H13IO/c1-6(2)7-3-4-9(11)8(10)5-7/h5-7H,3-4H2,1-2H3/t7-/m1/s1. The number of allylic oxidation sites excluding steroid dienone is 2. The molecule has 1 rings (SSSR count). The molecule has 0 bridgehead atoms. The lowest BCUT2D eigenvalue weighted by Gasteiger charge is -2.20. The zero-order valence-corrected chi connectivity index (χ0v) is 9.09. The minimum Gasteiger partial charge on any atom is -0.294 e. The largest absolute Gasteiger partial charge is 0.294 e. The second-order valence-corrected chi connectivity index (χ2v) is 4.55. The maximum Gasteiger partial charge on any atom is 0.168 e. The van der Waals surface area contributed by atoms with Crippen LogP contribution in [-0.2, 0) is 4.79 Å². The number of halogens is 1. The smallest absolute Gasteiger partial charge is 0.168 e. The summed E-state index contributed by atoms with van der Waals surface area (Å²) >= 11 is 2.14. The molecule has 11 heavy (non-hydrogen) atoms. The Balaban J connectivity index is 2.69. The van der Waals surface area contributed by atoms with Crippen molar-refractivity contribution in [3.8, 4) is 0 Å². The van der Waals surface area contributed by atoms with Gasteiger partial charge >= 0.3 is 0 Å². The number of hydrogen-bond donors (Lipinski definition) is 0. The summed E-state index contributed by atoms with van der Waals surface area (Å²) in [7, 11) is 0. The first-order chi connectivity index (χ1) is 5.11. The van der Waals surface area contributed by atoms with Crippen molar-refractivity contribution in [1.82, 2.24) is 0 Å². The van der Waals surface area contributed by atoms with Crippen molar-refractivity contribution in [2.45, 2.75) is 26.7 Å². The molecule has 0 aromatic carbocycles. The summed E-state index contributed by atoms with van der Waals surface area (Å²) in [5.74, 6) is 1.62. The predicted octanol–water partition coefficient (Wildman–Crippen LogP) is 2.94. The van der Waals surface area contributed by atoms with Crippen LogP contribution >= 0.6 is 22.6 Å². The molecule has 0 heterocycles. The second-order valence-electron chi connectivity index (χ2n) is 3.38. The van der Waals surface area contributed by atoms with Crippen LogP contribution in [0.25, 0.3) is 0 Å². The van der Waals surface area contributed by atoms with E-state index in [1.165, 1.54) is 0 Å². The molecule has 0 spiro atoms. The molecule has 1 aliphatic rings. The van der Waals surface area contributed by atoms with Crippen LogP contribution in [0.4, 0.5) is 0 Å². The molecule has 62 valence electrons. The van der Waals surface area contributed by atoms with Gasteiger partial charge in [0.2, 0.25) is 0 Å². The van der Waals surface area contributed by atoms with Crippen molar-refractivity contribution < 1.29 is 4.79 Å². The summed E-state index contributed by atoms with van der Waals surface area (Å²) in [4.78, 5) is 11.1. The van der Waals surface area contributed by atoms with Gasteiger partial charge in [0.05, 0.1) is 3.58 Å². The monoisotopic (exact) mass is 264 g/mol. The van der Waals surface area contributed by atoms with E-state index in [0.29, 0.717) is 17.6 Å². The predicted molar refractivity (Wildman–Crippen MR) is 54.7 cm³/mol. The van der Waals surface area contributed by atoms with Gasteiger partial charge in [-0.2, -0.15) is 0 Å². The maximum absolute atomic E-state index is 11.1. The number of carbonyl (C=O) groups excluding carboxylic acids is 1. The van der Waals surface area contributed by atoms with E-state index in [9.17, 15) is 4.79 Å². The Morgan fingerprint density at radius 1 is 1.64 bits per heavy atom. The minimum absolute atomic E-state index is 0.322. The van der Waals surface area contributed by atoms with Crippen LogP contribution in [0.5, 0.6) is 0 Å². The highest BCUT2D eigenvalue weighted by atomic mass is 127. The Hall–Kier alpha value is 0.140. The van der Waals surface area contributed by atoms with Crippen molar-refractivity contribution in [1.29, 1.82) is 0 Å². The number of rotatable bonds is 1. The number of carbonyl (C=O) groups is 1. The van der Waals surface area contributed by atoms with E-state index >= 15 is 0 Å². The van der Waals surface area contributed by atoms with Gasteiger partial charge in [0, 0.05) is 6.42 Å². The Morgan fingerprint density at radius 3 is 2.73 bits per heavy atom. The number of hydrogen-bond acceptors (Lipinski definition) is 1. The quantitative estimate of drug-likeness (QED) is 0.665. The van der Waals surface area contributed by atoms with Gasteiger partial charge in [-0.15, -0.1) is 0 Å². The molecule has 2 heteroatoms. The molecule has 1 nitrogen and oxygen atoms in total. The van der Waals surface area contributed by atoms with E-state index in [1.54, 1.807) is 0 Å². The van der Waals surface area contributed by atoms with Gasteiger partial charge in [-0.1, -0.05) is 19.9 Å². The third kappa shape index (κ3) is 2.29. The fourth-order valence-corrected chi connectivity index (χ4v) is 2.04. The van der Waals surface area contributed by atoms with Crippen molar-refractivity contribution >= 4 is 28.4 Å². The first-order valence-electron chi connectivity index (χ1n) is 4.01. The zero-order chi connectivity index (χ0) is 8.43. The van der Waals surface area contributed by atoms with E-state index < -0.39 is 0 Å². The van der Waals surface area contributed by atoms with Crippen LogP contribution < -0.4 is 0 Å². The Labute approximate surface area is 81.4 Å². The van der Waals surface area contributed by atoms with Gasteiger partial charge in [0.1, 0.15) is 0 Å². The molecule has 1 atom stereocenters. The average molecular weight is 264 g/mol. The summed E-state index contributed by atoms with van der Waals surface area (Å²) in [6.07, 6.45) is 3.91. The van der Waals surface area contributed by atoms with Gasteiger partial charge < -0.3 is 0 Å². The topological polar surface area (TPSA) is 17.1 Å². The number of ketones is 1. The summed E-state index contributed by atoms with van der Waals surface area (Å²) in [6, 6.07) is 0. The van der Waals surface area contributed by atoms with Crippen LogP contribution in [-0.4, -0.2) is 5.78 Å². The van der Waals surface area contributed by atoms with Crippen LogP contribution in [0.15, 0.2) is 9.66 Å². The van der Waals surface area contributed by atoms with E-state index in [2.05, 4.69) is 42.5 Å². The fourth-order valence-electron chi connectivity index (χ4n) is 1.31. The summed E-state index contributed by atoms with van der Waals surface area (Å²) in [5.41, 5.74) is 0. The van der Waals surface area contributed by atoms with Crippen LogP contribution in [0.1, 0.15) is 26.7 Å². The average Bonchev–Trinajstić information content (AvgIpc) is 1.94. The van der Waals surface area contributed by atoms with E-state index in [0.717, 1.165) is 16.4 Å². The van der Waals surface area contributed by atoms with Crippen molar-refractivity contribution in [2.75, 3.05) is 0 Å². The molecule has 0 aromatic rings. The zero-order valence-electron chi connectivity index (χ0n) is 6.93. The van der Waals surface area contributed by atoms with Gasteiger partial charge in [-0.25, -0.2) is 0 Å². The third-order valence-electron chi connectivity index (χ3n) is 2.19. The molecule has 0 amide bonds. The maximum atomic E-state index is 11.1.